The summed E-state index contributed by atoms with van der Waals surface area (Å²) in [5.74, 6) is 0.543. The molecule has 1 aromatic carbocycles. The number of carbonyl (C=O) groups is 1. The van der Waals surface area contributed by atoms with Crippen LogP contribution in [0.3, 0.4) is 0 Å². The molecule has 1 aromatic heterocycles. The first-order chi connectivity index (χ1) is 10.7. The van der Waals surface area contributed by atoms with E-state index in [-0.39, 0.29) is 12.5 Å². The number of amides is 1. The van der Waals surface area contributed by atoms with Crippen molar-refractivity contribution in [3.8, 4) is 5.75 Å². The van der Waals surface area contributed by atoms with E-state index in [4.69, 9.17) is 9.15 Å². The molecule has 0 N–H and O–H groups in total. The third-order valence-electron chi connectivity index (χ3n) is 4.13. The average molecular weight is 301 g/mol. The lowest BCUT2D eigenvalue weighted by Gasteiger charge is -2.23. The van der Waals surface area contributed by atoms with Gasteiger partial charge in [-0.25, -0.2) is 4.79 Å². The van der Waals surface area contributed by atoms with Crippen molar-refractivity contribution >= 4 is 16.9 Å². The summed E-state index contributed by atoms with van der Waals surface area (Å²) in [4.78, 5) is 25.4. The summed E-state index contributed by atoms with van der Waals surface area (Å²) < 4.78 is 10.7. The number of hydrogen-bond donors (Lipinski definition) is 0. The van der Waals surface area contributed by atoms with Gasteiger partial charge in [-0.3, -0.25) is 4.79 Å². The lowest BCUT2D eigenvalue weighted by molar-refractivity contribution is -0.134. The quantitative estimate of drug-likeness (QED) is 0.814. The molecule has 0 spiro atoms. The van der Waals surface area contributed by atoms with Crippen LogP contribution < -0.4 is 10.4 Å². The van der Waals surface area contributed by atoms with Gasteiger partial charge >= 0.3 is 5.63 Å². The molecule has 1 aliphatic rings. The zero-order valence-electron chi connectivity index (χ0n) is 12.6. The van der Waals surface area contributed by atoms with Crippen molar-refractivity contribution in [3.63, 3.8) is 0 Å². The van der Waals surface area contributed by atoms with Gasteiger partial charge in [0.2, 0.25) is 0 Å². The molecule has 1 amide bonds. The Balaban J connectivity index is 1.68. The monoisotopic (exact) mass is 301 g/mol. The van der Waals surface area contributed by atoms with E-state index in [0.29, 0.717) is 17.4 Å². The first kappa shape index (κ1) is 14.6. The summed E-state index contributed by atoms with van der Waals surface area (Å²) in [5, 5.41) is 0.823. The minimum absolute atomic E-state index is 0.0129. The summed E-state index contributed by atoms with van der Waals surface area (Å²) in [6, 6.07) is 8.65. The number of nitrogens with zero attached hydrogens (tertiary/aromatic N) is 1. The molecular formula is C17H19NO4. The van der Waals surface area contributed by atoms with Crippen LogP contribution in [0.1, 0.15) is 26.2 Å². The normalized spacial score (nSPS) is 17.9. The van der Waals surface area contributed by atoms with Gasteiger partial charge < -0.3 is 14.1 Å². The molecule has 0 aliphatic carbocycles. The molecule has 0 bridgehead atoms. The van der Waals surface area contributed by atoms with E-state index in [1.165, 1.54) is 6.07 Å². The predicted octanol–water partition coefficient (Wildman–Crippen LogP) is 2.57. The number of fused-ring (bicyclic) bond motifs is 1. The van der Waals surface area contributed by atoms with Crippen molar-refractivity contribution in [2.24, 2.45) is 0 Å². The fourth-order valence-corrected chi connectivity index (χ4v) is 2.95. The van der Waals surface area contributed by atoms with Gasteiger partial charge in [0.1, 0.15) is 11.3 Å². The molecule has 1 aliphatic heterocycles. The maximum atomic E-state index is 12.2. The lowest BCUT2D eigenvalue weighted by atomic mass is 10.2. The van der Waals surface area contributed by atoms with E-state index in [9.17, 15) is 9.59 Å². The van der Waals surface area contributed by atoms with Crippen LogP contribution >= 0.6 is 0 Å². The molecule has 1 unspecified atom stereocenters. The highest BCUT2D eigenvalue weighted by Crippen LogP contribution is 2.22. The summed E-state index contributed by atoms with van der Waals surface area (Å²) in [6.45, 7) is 2.93. The third kappa shape index (κ3) is 2.98. The minimum atomic E-state index is -0.399. The van der Waals surface area contributed by atoms with Gasteiger partial charge in [0.25, 0.3) is 5.91 Å². The van der Waals surface area contributed by atoms with E-state index >= 15 is 0 Å². The highest BCUT2D eigenvalue weighted by Gasteiger charge is 2.27. The van der Waals surface area contributed by atoms with Gasteiger partial charge in [-0.15, -0.1) is 0 Å². The first-order valence-electron chi connectivity index (χ1n) is 7.63. The van der Waals surface area contributed by atoms with E-state index in [0.717, 1.165) is 31.2 Å². The fourth-order valence-electron chi connectivity index (χ4n) is 2.95. The van der Waals surface area contributed by atoms with Crippen molar-refractivity contribution < 1.29 is 13.9 Å². The van der Waals surface area contributed by atoms with Crippen LogP contribution in [0.5, 0.6) is 5.75 Å². The molecule has 5 heteroatoms. The number of ether oxygens (including phenoxy) is 1. The minimum Gasteiger partial charge on any atom is -0.484 e. The van der Waals surface area contributed by atoms with Crippen LogP contribution in [0, 0.1) is 0 Å². The Morgan fingerprint density at radius 3 is 3.00 bits per heavy atom. The predicted molar refractivity (Wildman–Crippen MR) is 83.0 cm³/mol. The number of hydrogen-bond acceptors (Lipinski definition) is 4. The van der Waals surface area contributed by atoms with E-state index < -0.39 is 5.63 Å². The molecule has 2 aromatic rings. The van der Waals surface area contributed by atoms with Crippen molar-refractivity contribution in [3.05, 3.63) is 40.8 Å². The van der Waals surface area contributed by atoms with Gasteiger partial charge in [-0.2, -0.15) is 0 Å². The molecule has 1 fully saturated rings. The number of carbonyl (C=O) groups excluding carboxylic acids is 1. The van der Waals surface area contributed by atoms with Crippen molar-refractivity contribution in [2.75, 3.05) is 13.2 Å². The number of likely N-dealkylation sites (tertiary alicyclic amines) is 1. The van der Waals surface area contributed by atoms with Gasteiger partial charge in [0.05, 0.1) is 0 Å². The van der Waals surface area contributed by atoms with Gasteiger partial charge in [-0.1, -0.05) is 6.92 Å². The number of rotatable bonds is 4. The smallest absolute Gasteiger partial charge is 0.336 e. The second-order valence-electron chi connectivity index (χ2n) is 5.53. The Hall–Kier alpha value is -2.30. The summed E-state index contributed by atoms with van der Waals surface area (Å²) in [5.41, 5.74) is 0.0636. The van der Waals surface area contributed by atoms with Crippen LogP contribution in [0.4, 0.5) is 0 Å². The molecule has 2 heterocycles. The second-order valence-corrected chi connectivity index (χ2v) is 5.53. The molecule has 0 saturated carbocycles. The Morgan fingerprint density at radius 2 is 2.18 bits per heavy atom. The Morgan fingerprint density at radius 1 is 1.36 bits per heavy atom. The van der Waals surface area contributed by atoms with Crippen molar-refractivity contribution in [1.82, 2.24) is 4.90 Å². The largest absolute Gasteiger partial charge is 0.484 e. The molecule has 1 saturated heterocycles. The van der Waals surface area contributed by atoms with Crippen molar-refractivity contribution in [2.45, 2.75) is 32.2 Å². The first-order valence-corrected chi connectivity index (χ1v) is 7.63. The highest BCUT2D eigenvalue weighted by molar-refractivity contribution is 5.79. The third-order valence-corrected chi connectivity index (χ3v) is 4.13. The van der Waals surface area contributed by atoms with Gasteiger partial charge in [0.15, 0.2) is 6.61 Å². The Bertz CT molecular complexity index is 737. The van der Waals surface area contributed by atoms with Crippen LogP contribution in [0.15, 0.2) is 39.5 Å². The SMILES string of the molecule is CCC1CCCN1C(=O)COc1ccc2ccc(=O)oc2c1. The van der Waals surface area contributed by atoms with Crippen LogP contribution in [-0.2, 0) is 4.79 Å². The van der Waals surface area contributed by atoms with E-state index in [1.54, 1.807) is 18.2 Å². The van der Waals surface area contributed by atoms with E-state index in [1.807, 2.05) is 11.0 Å². The van der Waals surface area contributed by atoms with Gasteiger partial charge in [-0.05, 0) is 37.5 Å². The molecule has 22 heavy (non-hydrogen) atoms. The summed E-state index contributed by atoms with van der Waals surface area (Å²) >= 11 is 0. The van der Waals surface area contributed by atoms with Gasteiger partial charge in [0, 0.05) is 30.1 Å². The zero-order valence-corrected chi connectivity index (χ0v) is 12.6. The fraction of sp³-hybridized carbons (Fsp3) is 0.412. The van der Waals surface area contributed by atoms with Crippen LogP contribution in [-0.4, -0.2) is 30.0 Å². The highest BCUT2D eigenvalue weighted by atomic mass is 16.5. The maximum absolute atomic E-state index is 12.2. The Labute approximate surface area is 128 Å². The maximum Gasteiger partial charge on any atom is 0.336 e. The topological polar surface area (TPSA) is 59.8 Å². The average Bonchev–Trinajstić information content (AvgIpc) is 3.00. The molecule has 116 valence electrons. The van der Waals surface area contributed by atoms with Crippen molar-refractivity contribution in [1.29, 1.82) is 0 Å². The number of benzene rings is 1. The Kier molecular flexibility index (Phi) is 4.13. The standard InChI is InChI=1S/C17H19NO4/c1-2-13-4-3-9-18(13)16(19)11-21-14-7-5-12-6-8-17(20)22-15(12)10-14/h5-8,10,13H,2-4,9,11H2,1H3. The molecule has 5 nitrogen and oxygen atoms in total. The molecule has 0 radical (unpaired) electrons. The summed E-state index contributed by atoms with van der Waals surface area (Å²) in [6.07, 6.45) is 3.11. The van der Waals surface area contributed by atoms with Crippen LogP contribution in [0.2, 0.25) is 0 Å². The molecule has 3 rings (SSSR count). The summed E-state index contributed by atoms with van der Waals surface area (Å²) in [7, 11) is 0. The van der Waals surface area contributed by atoms with Crippen LogP contribution in [0.25, 0.3) is 11.0 Å². The lowest BCUT2D eigenvalue weighted by Crippen LogP contribution is -2.38. The molecular weight excluding hydrogens is 282 g/mol. The molecule has 1 atom stereocenters. The zero-order chi connectivity index (χ0) is 15.5. The van der Waals surface area contributed by atoms with E-state index in [2.05, 4.69) is 6.92 Å². The second kappa shape index (κ2) is 6.22.